The van der Waals surface area contributed by atoms with E-state index in [9.17, 15) is 4.79 Å². The first-order valence-corrected chi connectivity index (χ1v) is 8.36. The smallest absolute Gasteiger partial charge is 0.326 e. The zero-order chi connectivity index (χ0) is 16.0. The predicted octanol–water partition coefficient (Wildman–Crippen LogP) is 4.83. The molecule has 5 heteroatoms. The van der Waals surface area contributed by atoms with E-state index < -0.39 is 0 Å². The first-order valence-electron chi connectivity index (χ1n) is 7.56. The number of nitrogens with zero attached hydrogens (tertiary/aromatic N) is 1. The first-order chi connectivity index (χ1) is 11.1. The van der Waals surface area contributed by atoms with E-state index in [4.69, 9.17) is 0 Å². The van der Waals surface area contributed by atoms with Crippen molar-refractivity contribution in [3.05, 3.63) is 58.2 Å². The number of halogens is 1. The van der Waals surface area contributed by atoms with Crippen LogP contribution in [0.1, 0.15) is 11.1 Å². The molecule has 0 radical (unpaired) electrons. The van der Waals surface area contributed by atoms with E-state index in [1.165, 1.54) is 5.56 Å². The molecule has 0 bridgehead atoms. The SMILES string of the molecule is Cc1cc2cc[nH]c2cc1NC(=O)N1CCc2cc(Br)ccc21. The zero-order valence-electron chi connectivity index (χ0n) is 12.7. The molecule has 2 aromatic carbocycles. The van der Waals surface area contributed by atoms with Crippen molar-refractivity contribution in [2.45, 2.75) is 13.3 Å². The summed E-state index contributed by atoms with van der Waals surface area (Å²) in [4.78, 5) is 17.7. The molecule has 1 aliphatic heterocycles. The van der Waals surface area contributed by atoms with Gasteiger partial charge >= 0.3 is 6.03 Å². The first kappa shape index (κ1) is 14.3. The van der Waals surface area contributed by atoms with Gasteiger partial charge in [-0.1, -0.05) is 15.9 Å². The lowest BCUT2D eigenvalue weighted by Gasteiger charge is -2.19. The Bertz CT molecular complexity index is 916. The highest BCUT2D eigenvalue weighted by molar-refractivity contribution is 9.10. The number of hydrogen-bond donors (Lipinski definition) is 2. The molecule has 1 aliphatic rings. The molecule has 0 atom stereocenters. The van der Waals surface area contributed by atoms with Crippen LogP contribution >= 0.6 is 15.9 Å². The lowest BCUT2D eigenvalue weighted by atomic mass is 10.1. The average Bonchev–Trinajstić information content (AvgIpc) is 3.13. The largest absolute Gasteiger partial charge is 0.361 e. The Morgan fingerprint density at radius 3 is 3.00 bits per heavy atom. The summed E-state index contributed by atoms with van der Waals surface area (Å²) >= 11 is 3.48. The Labute approximate surface area is 142 Å². The molecule has 2 heterocycles. The molecule has 2 amide bonds. The molecule has 0 aliphatic carbocycles. The van der Waals surface area contributed by atoms with Gasteiger partial charge < -0.3 is 10.3 Å². The standard InChI is InChI=1S/C18H16BrN3O/c1-11-8-12-4-6-20-16(12)10-15(11)21-18(23)22-7-5-13-9-14(19)2-3-17(13)22/h2-4,6,8-10,20H,5,7H2,1H3,(H,21,23). The molecule has 0 spiro atoms. The van der Waals surface area contributed by atoms with Gasteiger partial charge in [-0.3, -0.25) is 4.90 Å². The Morgan fingerprint density at radius 1 is 1.26 bits per heavy atom. The zero-order valence-corrected chi connectivity index (χ0v) is 14.3. The number of anilines is 2. The van der Waals surface area contributed by atoms with Crippen molar-refractivity contribution >= 4 is 44.2 Å². The van der Waals surface area contributed by atoms with Crippen LogP contribution in [0, 0.1) is 6.92 Å². The predicted molar refractivity (Wildman–Crippen MR) is 97.2 cm³/mol. The second-order valence-corrected chi connectivity index (χ2v) is 6.75. The minimum absolute atomic E-state index is 0.0833. The maximum atomic E-state index is 12.7. The van der Waals surface area contributed by atoms with E-state index in [0.717, 1.165) is 38.7 Å². The number of carbonyl (C=O) groups is 1. The topological polar surface area (TPSA) is 48.1 Å². The van der Waals surface area contributed by atoms with E-state index in [0.29, 0.717) is 6.54 Å². The molecular formula is C18H16BrN3O. The maximum absolute atomic E-state index is 12.7. The van der Waals surface area contributed by atoms with Gasteiger partial charge in [0.1, 0.15) is 0 Å². The van der Waals surface area contributed by atoms with Crippen LogP contribution in [0.3, 0.4) is 0 Å². The number of benzene rings is 2. The van der Waals surface area contributed by atoms with E-state index >= 15 is 0 Å². The van der Waals surface area contributed by atoms with Gasteiger partial charge in [-0.2, -0.15) is 0 Å². The molecule has 4 rings (SSSR count). The number of fused-ring (bicyclic) bond motifs is 2. The number of rotatable bonds is 1. The number of carbonyl (C=O) groups excluding carboxylic acids is 1. The van der Waals surface area contributed by atoms with Gasteiger partial charge in [-0.05, 0) is 66.3 Å². The van der Waals surface area contributed by atoms with Crippen LogP contribution < -0.4 is 10.2 Å². The molecule has 4 nitrogen and oxygen atoms in total. The summed E-state index contributed by atoms with van der Waals surface area (Å²) in [7, 11) is 0. The van der Waals surface area contributed by atoms with Gasteiger partial charge in [-0.25, -0.2) is 4.79 Å². The Hall–Kier alpha value is -2.27. The monoisotopic (exact) mass is 369 g/mol. The van der Waals surface area contributed by atoms with Crippen molar-refractivity contribution in [2.24, 2.45) is 0 Å². The van der Waals surface area contributed by atoms with E-state index in [1.54, 1.807) is 4.90 Å². The summed E-state index contributed by atoms with van der Waals surface area (Å²) in [6.07, 6.45) is 2.79. The summed E-state index contributed by atoms with van der Waals surface area (Å²) in [6.45, 7) is 2.72. The molecular weight excluding hydrogens is 354 g/mol. The number of amides is 2. The normalized spacial score (nSPS) is 13.4. The number of aryl methyl sites for hydroxylation is 1. The summed E-state index contributed by atoms with van der Waals surface area (Å²) < 4.78 is 1.05. The number of aromatic amines is 1. The summed E-state index contributed by atoms with van der Waals surface area (Å²) in [5.74, 6) is 0. The number of nitrogens with one attached hydrogen (secondary N) is 2. The molecule has 116 valence electrons. The van der Waals surface area contributed by atoms with Gasteiger partial charge in [0.15, 0.2) is 0 Å². The van der Waals surface area contributed by atoms with Crippen LogP contribution in [0.25, 0.3) is 10.9 Å². The number of urea groups is 1. The molecule has 0 saturated heterocycles. The Kier molecular flexibility index (Phi) is 3.38. The van der Waals surface area contributed by atoms with Crippen LogP contribution in [0.5, 0.6) is 0 Å². The minimum atomic E-state index is -0.0833. The second-order valence-electron chi connectivity index (χ2n) is 5.84. The highest BCUT2D eigenvalue weighted by Gasteiger charge is 2.25. The van der Waals surface area contributed by atoms with Crippen molar-refractivity contribution in [1.82, 2.24) is 4.98 Å². The van der Waals surface area contributed by atoms with Crippen LogP contribution in [-0.4, -0.2) is 17.6 Å². The van der Waals surface area contributed by atoms with Crippen LogP contribution in [0.4, 0.5) is 16.2 Å². The summed E-state index contributed by atoms with van der Waals surface area (Å²) in [6, 6.07) is 12.1. The van der Waals surface area contributed by atoms with Crippen molar-refractivity contribution in [2.75, 3.05) is 16.8 Å². The molecule has 0 unspecified atom stereocenters. The van der Waals surface area contributed by atoms with Gasteiger partial charge in [0.05, 0.1) is 0 Å². The Balaban J connectivity index is 1.62. The quantitative estimate of drug-likeness (QED) is 0.633. The van der Waals surface area contributed by atoms with Crippen molar-refractivity contribution < 1.29 is 4.79 Å². The molecule has 23 heavy (non-hydrogen) atoms. The number of hydrogen-bond acceptors (Lipinski definition) is 1. The lowest BCUT2D eigenvalue weighted by molar-refractivity contribution is 0.257. The van der Waals surface area contributed by atoms with E-state index in [1.807, 2.05) is 37.4 Å². The third-order valence-electron chi connectivity index (χ3n) is 4.32. The van der Waals surface area contributed by atoms with E-state index in [2.05, 4.69) is 38.4 Å². The highest BCUT2D eigenvalue weighted by atomic mass is 79.9. The van der Waals surface area contributed by atoms with Crippen molar-refractivity contribution in [3.63, 3.8) is 0 Å². The van der Waals surface area contributed by atoms with E-state index in [-0.39, 0.29) is 6.03 Å². The third-order valence-corrected chi connectivity index (χ3v) is 4.82. The molecule has 0 saturated carbocycles. The lowest BCUT2D eigenvalue weighted by Crippen LogP contribution is -2.33. The maximum Gasteiger partial charge on any atom is 0.326 e. The third kappa shape index (κ3) is 2.51. The molecule has 2 N–H and O–H groups in total. The van der Waals surface area contributed by atoms with Gasteiger partial charge in [0.2, 0.25) is 0 Å². The van der Waals surface area contributed by atoms with Crippen LogP contribution in [0.2, 0.25) is 0 Å². The van der Waals surface area contributed by atoms with Gasteiger partial charge in [0, 0.05) is 34.1 Å². The number of aromatic nitrogens is 1. The van der Waals surface area contributed by atoms with Crippen LogP contribution in [0.15, 0.2) is 47.1 Å². The molecule has 3 aromatic rings. The second kappa shape index (κ2) is 5.42. The average molecular weight is 370 g/mol. The Morgan fingerprint density at radius 2 is 2.13 bits per heavy atom. The summed E-state index contributed by atoms with van der Waals surface area (Å²) in [5.41, 5.74) is 5.11. The van der Waals surface area contributed by atoms with Gasteiger partial charge in [0.25, 0.3) is 0 Å². The highest BCUT2D eigenvalue weighted by Crippen LogP contribution is 2.31. The van der Waals surface area contributed by atoms with Crippen molar-refractivity contribution in [3.8, 4) is 0 Å². The summed E-state index contributed by atoms with van der Waals surface area (Å²) in [5, 5.41) is 4.19. The fourth-order valence-electron chi connectivity index (χ4n) is 3.11. The molecule has 1 aromatic heterocycles. The molecule has 0 fully saturated rings. The minimum Gasteiger partial charge on any atom is -0.361 e. The number of H-pyrrole nitrogens is 1. The van der Waals surface area contributed by atoms with Crippen molar-refractivity contribution in [1.29, 1.82) is 0 Å². The fraction of sp³-hybridized carbons (Fsp3) is 0.167. The fourth-order valence-corrected chi connectivity index (χ4v) is 3.52. The van der Waals surface area contributed by atoms with Gasteiger partial charge in [-0.15, -0.1) is 0 Å². The van der Waals surface area contributed by atoms with Crippen LogP contribution in [-0.2, 0) is 6.42 Å².